The Morgan fingerprint density at radius 1 is 1.17 bits per heavy atom. The summed E-state index contributed by atoms with van der Waals surface area (Å²) in [6.45, 7) is 4.08. The standard InChI is InChI=1S/C16H21N3O4/c20-11-18-5-7-19(8-6-18)16(21)3-4-17-10-13-1-2-14-15(9-13)23-12-22-14/h1-2,9,11,17H,3-8,10,12H2. The molecule has 7 heteroatoms. The minimum Gasteiger partial charge on any atom is -0.454 e. The van der Waals surface area contributed by atoms with Gasteiger partial charge in [0.1, 0.15) is 0 Å². The number of amides is 2. The van der Waals surface area contributed by atoms with E-state index < -0.39 is 0 Å². The van der Waals surface area contributed by atoms with Crippen LogP contribution in [0, 0.1) is 0 Å². The third-order valence-electron chi connectivity index (χ3n) is 4.10. The molecule has 1 saturated heterocycles. The molecule has 124 valence electrons. The molecule has 1 N–H and O–H groups in total. The Morgan fingerprint density at radius 2 is 1.96 bits per heavy atom. The number of nitrogens with zero attached hydrogens (tertiary/aromatic N) is 2. The van der Waals surface area contributed by atoms with Crippen molar-refractivity contribution in [1.82, 2.24) is 15.1 Å². The first-order chi connectivity index (χ1) is 11.3. The molecule has 2 amide bonds. The number of hydrogen-bond donors (Lipinski definition) is 1. The monoisotopic (exact) mass is 319 g/mol. The number of rotatable bonds is 6. The molecule has 2 heterocycles. The van der Waals surface area contributed by atoms with E-state index in [2.05, 4.69) is 5.32 Å². The fraction of sp³-hybridized carbons (Fsp3) is 0.500. The molecule has 2 aliphatic heterocycles. The molecule has 2 aliphatic rings. The first kappa shape index (κ1) is 15.6. The number of fused-ring (bicyclic) bond motifs is 1. The molecule has 0 atom stereocenters. The topological polar surface area (TPSA) is 71.1 Å². The largest absolute Gasteiger partial charge is 0.454 e. The summed E-state index contributed by atoms with van der Waals surface area (Å²) in [5, 5.41) is 3.27. The highest BCUT2D eigenvalue weighted by molar-refractivity contribution is 5.76. The van der Waals surface area contributed by atoms with Gasteiger partial charge in [-0.25, -0.2) is 0 Å². The van der Waals surface area contributed by atoms with Crippen LogP contribution in [0.2, 0.25) is 0 Å². The van der Waals surface area contributed by atoms with E-state index in [1.165, 1.54) is 0 Å². The molecule has 0 aromatic heterocycles. The molecule has 1 aromatic carbocycles. The Kier molecular flexibility index (Phi) is 4.97. The number of carbonyl (C=O) groups is 2. The Morgan fingerprint density at radius 3 is 2.74 bits per heavy atom. The third-order valence-corrected chi connectivity index (χ3v) is 4.10. The Labute approximate surface area is 135 Å². The van der Waals surface area contributed by atoms with Gasteiger partial charge in [0.05, 0.1) is 0 Å². The van der Waals surface area contributed by atoms with Crippen molar-refractivity contribution in [1.29, 1.82) is 0 Å². The second kappa shape index (κ2) is 7.32. The second-order valence-electron chi connectivity index (χ2n) is 5.64. The summed E-state index contributed by atoms with van der Waals surface area (Å²) in [7, 11) is 0. The van der Waals surface area contributed by atoms with Crippen molar-refractivity contribution in [2.24, 2.45) is 0 Å². The molecule has 0 unspecified atom stereocenters. The zero-order chi connectivity index (χ0) is 16.1. The van der Waals surface area contributed by atoms with E-state index in [1.54, 1.807) is 4.90 Å². The highest BCUT2D eigenvalue weighted by Crippen LogP contribution is 2.32. The Balaban J connectivity index is 1.36. The first-order valence-corrected chi connectivity index (χ1v) is 7.82. The Hall–Kier alpha value is -2.28. The van der Waals surface area contributed by atoms with Gasteiger partial charge in [-0.2, -0.15) is 0 Å². The number of piperazine rings is 1. The van der Waals surface area contributed by atoms with Gasteiger partial charge in [0.2, 0.25) is 19.1 Å². The predicted octanol–water partition coefficient (Wildman–Crippen LogP) is 0.196. The van der Waals surface area contributed by atoms with Crippen molar-refractivity contribution in [3.8, 4) is 11.5 Å². The summed E-state index contributed by atoms with van der Waals surface area (Å²) < 4.78 is 10.6. The molecule has 23 heavy (non-hydrogen) atoms. The number of carbonyl (C=O) groups excluding carboxylic acids is 2. The molecule has 1 aromatic rings. The maximum Gasteiger partial charge on any atom is 0.231 e. The van der Waals surface area contributed by atoms with Crippen LogP contribution in [-0.2, 0) is 16.1 Å². The van der Waals surface area contributed by atoms with Crippen molar-refractivity contribution < 1.29 is 19.1 Å². The van der Waals surface area contributed by atoms with E-state index in [0.717, 1.165) is 23.5 Å². The van der Waals surface area contributed by atoms with Crippen LogP contribution >= 0.6 is 0 Å². The smallest absolute Gasteiger partial charge is 0.231 e. The van der Waals surface area contributed by atoms with Crippen LogP contribution in [0.25, 0.3) is 0 Å². The average Bonchev–Trinajstić information content (AvgIpc) is 3.06. The summed E-state index contributed by atoms with van der Waals surface area (Å²) in [6.07, 6.45) is 1.31. The van der Waals surface area contributed by atoms with Gasteiger partial charge in [0.15, 0.2) is 11.5 Å². The lowest BCUT2D eigenvalue weighted by atomic mass is 10.2. The fourth-order valence-electron chi connectivity index (χ4n) is 2.71. The van der Waals surface area contributed by atoms with Crippen molar-refractivity contribution in [2.45, 2.75) is 13.0 Å². The molecular weight excluding hydrogens is 298 g/mol. The molecular formula is C16H21N3O4. The van der Waals surface area contributed by atoms with Gasteiger partial charge in [-0.1, -0.05) is 6.07 Å². The normalized spacial score (nSPS) is 16.5. The van der Waals surface area contributed by atoms with Gasteiger partial charge in [-0.3, -0.25) is 9.59 Å². The molecule has 1 fully saturated rings. The number of benzene rings is 1. The molecule has 0 spiro atoms. The van der Waals surface area contributed by atoms with E-state index in [-0.39, 0.29) is 12.7 Å². The van der Waals surface area contributed by atoms with Crippen molar-refractivity contribution >= 4 is 12.3 Å². The summed E-state index contributed by atoms with van der Waals surface area (Å²) in [5.74, 6) is 1.68. The van der Waals surface area contributed by atoms with E-state index >= 15 is 0 Å². The summed E-state index contributed by atoms with van der Waals surface area (Å²) in [4.78, 5) is 26.3. The van der Waals surface area contributed by atoms with Crippen LogP contribution in [0.1, 0.15) is 12.0 Å². The lowest BCUT2D eigenvalue weighted by molar-refractivity contribution is -0.135. The lowest BCUT2D eigenvalue weighted by Crippen LogP contribution is -2.48. The number of hydrogen-bond acceptors (Lipinski definition) is 5. The van der Waals surface area contributed by atoms with Crippen molar-refractivity contribution in [3.05, 3.63) is 23.8 Å². The molecule has 3 rings (SSSR count). The van der Waals surface area contributed by atoms with Crippen molar-refractivity contribution in [3.63, 3.8) is 0 Å². The maximum absolute atomic E-state index is 12.1. The average molecular weight is 319 g/mol. The minimum absolute atomic E-state index is 0.133. The van der Waals surface area contributed by atoms with Gasteiger partial charge in [0.25, 0.3) is 0 Å². The van der Waals surface area contributed by atoms with Gasteiger partial charge in [0, 0.05) is 45.7 Å². The zero-order valence-electron chi connectivity index (χ0n) is 13.0. The van der Waals surface area contributed by atoms with Crippen LogP contribution in [0.15, 0.2) is 18.2 Å². The van der Waals surface area contributed by atoms with E-state index in [1.807, 2.05) is 23.1 Å². The van der Waals surface area contributed by atoms with Gasteiger partial charge in [-0.05, 0) is 17.7 Å². The summed E-state index contributed by atoms with van der Waals surface area (Å²) in [6, 6.07) is 5.84. The number of ether oxygens (including phenoxy) is 2. The summed E-state index contributed by atoms with van der Waals surface area (Å²) >= 11 is 0. The quantitative estimate of drug-likeness (QED) is 0.599. The van der Waals surface area contributed by atoms with E-state index in [4.69, 9.17) is 9.47 Å². The van der Waals surface area contributed by atoms with Gasteiger partial charge < -0.3 is 24.6 Å². The molecule has 0 saturated carbocycles. The van der Waals surface area contributed by atoms with Crippen LogP contribution < -0.4 is 14.8 Å². The highest BCUT2D eigenvalue weighted by atomic mass is 16.7. The second-order valence-corrected chi connectivity index (χ2v) is 5.64. The first-order valence-electron chi connectivity index (χ1n) is 7.82. The SMILES string of the molecule is O=CN1CCN(C(=O)CCNCc2ccc3c(c2)OCO3)CC1. The lowest BCUT2D eigenvalue weighted by Gasteiger charge is -2.32. The maximum atomic E-state index is 12.1. The number of nitrogens with one attached hydrogen (secondary N) is 1. The van der Waals surface area contributed by atoms with Crippen LogP contribution in [0.4, 0.5) is 0 Å². The van der Waals surface area contributed by atoms with Crippen molar-refractivity contribution in [2.75, 3.05) is 39.5 Å². The zero-order valence-corrected chi connectivity index (χ0v) is 13.0. The van der Waals surface area contributed by atoms with E-state index in [0.29, 0.717) is 45.7 Å². The predicted molar refractivity (Wildman–Crippen MR) is 83.1 cm³/mol. The summed E-state index contributed by atoms with van der Waals surface area (Å²) in [5.41, 5.74) is 1.10. The highest BCUT2D eigenvalue weighted by Gasteiger charge is 2.19. The fourth-order valence-corrected chi connectivity index (χ4v) is 2.71. The molecule has 0 aliphatic carbocycles. The van der Waals surface area contributed by atoms with Crippen LogP contribution in [0.5, 0.6) is 11.5 Å². The van der Waals surface area contributed by atoms with Gasteiger partial charge in [-0.15, -0.1) is 0 Å². The minimum atomic E-state index is 0.133. The van der Waals surface area contributed by atoms with Gasteiger partial charge >= 0.3 is 0 Å². The third kappa shape index (κ3) is 3.92. The molecule has 0 bridgehead atoms. The van der Waals surface area contributed by atoms with Crippen LogP contribution in [0.3, 0.4) is 0 Å². The van der Waals surface area contributed by atoms with E-state index in [9.17, 15) is 9.59 Å². The van der Waals surface area contributed by atoms with Crippen LogP contribution in [-0.4, -0.2) is 61.6 Å². The molecule has 0 radical (unpaired) electrons. The Bertz CT molecular complexity index is 570. The molecule has 7 nitrogen and oxygen atoms in total.